The van der Waals surface area contributed by atoms with Crippen molar-refractivity contribution in [3.05, 3.63) is 69.2 Å². The van der Waals surface area contributed by atoms with Gasteiger partial charge in [0.15, 0.2) is 0 Å². The summed E-state index contributed by atoms with van der Waals surface area (Å²) in [6, 6.07) is 14.1. The molecule has 3 aliphatic rings. The summed E-state index contributed by atoms with van der Waals surface area (Å²) in [7, 11) is 0. The molecule has 33 heavy (non-hydrogen) atoms. The Morgan fingerprint density at radius 1 is 1.12 bits per heavy atom. The Balaban J connectivity index is 1.55. The quantitative estimate of drug-likeness (QED) is 0.540. The first kappa shape index (κ1) is 22.7. The van der Waals surface area contributed by atoms with Crippen LogP contribution in [0, 0.1) is 11.3 Å². The Kier molecular flexibility index (Phi) is 5.95. The van der Waals surface area contributed by atoms with Gasteiger partial charge in [0.05, 0.1) is 5.41 Å². The molecular weight excluding hydrogens is 455 g/mol. The fraction of sp³-hybridized carbons (Fsp3) is 0.481. The first-order valence-corrected chi connectivity index (χ1v) is 12.8. The molecule has 1 heterocycles. The number of nitrogens with one attached hydrogen (secondary N) is 2. The van der Waals surface area contributed by atoms with Crippen molar-refractivity contribution in [3.8, 4) is 0 Å². The summed E-state index contributed by atoms with van der Waals surface area (Å²) in [6.07, 6.45) is 4.62. The summed E-state index contributed by atoms with van der Waals surface area (Å²) < 4.78 is 0. The van der Waals surface area contributed by atoms with E-state index in [1.165, 1.54) is 5.56 Å². The molecule has 174 valence electrons. The van der Waals surface area contributed by atoms with Crippen LogP contribution in [-0.4, -0.2) is 23.9 Å². The molecule has 2 N–H and O–H groups in total. The summed E-state index contributed by atoms with van der Waals surface area (Å²) in [6.45, 7) is 4.25. The second-order valence-electron chi connectivity index (χ2n) is 10.0. The van der Waals surface area contributed by atoms with Crippen molar-refractivity contribution in [3.63, 3.8) is 0 Å². The zero-order chi connectivity index (χ0) is 23.3. The normalized spacial score (nSPS) is 31.1. The van der Waals surface area contributed by atoms with Gasteiger partial charge in [-0.25, -0.2) is 0 Å². The average Bonchev–Trinajstić information content (AvgIpc) is 3.58. The Morgan fingerprint density at radius 2 is 1.85 bits per heavy atom. The molecule has 2 amide bonds. The number of carbonyl (C=O) groups excluding carboxylic acids is 2. The molecule has 0 radical (unpaired) electrons. The fourth-order valence-corrected chi connectivity index (χ4v) is 6.81. The second-order valence-corrected chi connectivity index (χ2v) is 10.8. The molecule has 2 aliphatic carbocycles. The summed E-state index contributed by atoms with van der Waals surface area (Å²) >= 11 is 13.0. The van der Waals surface area contributed by atoms with Crippen LogP contribution in [0.5, 0.6) is 0 Å². The molecule has 6 heteroatoms. The van der Waals surface area contributed by atoms with E-state index in [-0.39, 0.29) is 41.0 Å². The number of fused-ring (bicyclic) bond motifs is 1. The number of benzene rings is 2. The second kappa shape index (κ2) is 8.63. The number of carbonyl (C=O) groups is 2. The molecule has 0 unspecified atom stereocenters. The minimum absolute atomic E-state index is 0.0620. The molecule has 0 aromatic heterocycles. The SMILES string of the molecule is CC[C@@]12CC[C@@H](c3ccc(C(=O)NC4CC4)cc3Cl)[C@H](c3ccc(Cl)cc3)[C@@H]1[C@@H](C)NC2=O. The Bertz CT molecular complexity index is 1080. The molecule has 0 spiro atoms. The van der Waals surface area contributed by atoms with Gasteiger partial charge < -0.3 is 10.6 Å². The van der Waals surface area contributed by atoms with Gasteiger partial charge in [-0.3, -0.25) is 9.59 Å². The van der Waals surface area contributed by atoms with Crippen LogP contribution in [0.3, 0.4) is 0 Å². The van der Waals surface area contributed by atoms with E-state index in [9.17, 15) is 9.59 Å². The highest BCUT2D eigenvalue weighted by Crippen LogP contribution is 2.60. The van der Waals surface area contributed by atoms with Gasteiger partial charge in [0, 0.05) is 33.6 Å². The van der Waals surface area contributed by atoms with Crippen LogP contribution in [0.15, 0.2) is 42.5 Å². The van der Waals surface area contributed by atoms with Crippen LogP contribution in [0.2, 0.25) is 10.0 Å². The van der Waals surface area contributed by atoms with Crippen LogP contribution in [0.1, 0.15) is 79.3 Å². The van der Waals surface area contributed by atoms with E-state index in [0.29, 0.717) is 21.7 Å². The van der Waals surface area contributed by atoms with Crippen molar-refractivity contribution in [1.29, 1.82) is 0 Å². The lowest BCUT2D eigenvalue weighted by Gasteiger charge is -2.47. The van der Waals surface area contributed by atoms with Crippen molar-refractivity contribution < 1.29 is 9.59 Å². The Morgan fingerprint density at radius 3 is 2.48 bits per heavy atom. The fourth-order valence-electron chi connectivity index (χ4n) is 6.36. The van der Waals surface area contributed by atoms with Gasteiger partial charge in [0.2, 0.25) is 5.91 Å². The van der Waals surface area contributed by atoms with Gasteiger partial charge in [-0.15, -0.1) is 0 Å². The predicted molar refractivity (Wildman–Crippen MR) is 132 cm³/mol. The van der Waals surface area contributed by atoms with E-state index in [1.807, 2.05) is 24.3 Å². The summed E-state index contributed by atoms with van der Waals surface area (Å²) in [5, 5.41) is 7.60. The predicted octanol–water partition coefficient (Wildman–Crippen LogP) is 6.08. The molecular formula is C27H30Cl2N2O2. The maximum Gasteiger partial charge on any atom is 0.251 e. The molecule has 1 aliphatic heterocycles. The standard InChI is InChI=1S/C27H30Cl2N2O2/c1-3-27-13-12-21(20-11-6-17(14-22(20)29)25(32)31-19-9-10-19)23(16-4-7-18(28)8-5-16)24(27)15(2)30-26(27)33/h4-8,11,14-15,19,21,23-24H,3,9-10,12-13H2,1-2H3,(H,30,33)(H,31,32)/t15-,21+,23+,24+,27-/m1/s1. The van der Waals surface area contributed by atoms with E-state index in [1.54, 1.807) is 6.07 Å². The van der Waals surface area contributed by atoms with Gasteiger partial charge in [-0.2, -0.15) is 0 Å². The third-order valence-electron chi connectivity index (χ3n) is 8.17. The minimum atomic E-state index is -0.364. The third-order valence-corrected chi connectivity index (χ3v) is 8.75. The molecule has 0 bridgehead atoms. The summed E-state index contributed by atoms with van der Waals surface area (Å²) in [5.74, 6) is 0.544. The van der Waals surface area contributed by atoms with Gasteiger partial charge in [0.1, 0.15) is 0 Å². The number of rotatable bonds is 5. The molecule has 5 atom stereocenters. The lowest BCUT2D eigenvalue weighted by Crippen LogP contribution is -2.43. The van der Waals surface area contributed by atoms with Crippen molar-refractivity contribution in [2.75, 3.05) is 0 Å². The molecule has 1 saturated heterocycles. The number of hydrogen-bond acceptors (Lipinski definition) is 2. The van der Waals surface area contributed by atoms with Crippen LogP contribution < -0.4 is 10.6 Å². The number of halogens is 2. The van der Waals surface area contributed by atoms with Crippen molar-refractivity contribution in [2.45, 2.75) is 69.9 Å². The Labute approximate surface area is 205 Å². The van der Waals surface area contributed by atoms with Gasteiger partial charge >= 0.3 is 0 Å². The van der Waals surface area contributed by atoms with Crippen LogP contribution >= 0.6 is 23.2 Å². The van der Waals surface area contributed by atoms with Crippen LogP contribution in [-0.2, 0) is 4.79 Å². The zero-order valence-electron chi connectivity index (χ0n) is 19.0. The van der Waals surface area contributed by atoms with Crippen molar-refractivity contribution >= 4 is 35.0 Å². The van der Waals surface area contributed by atoms with Gasteiger partial charge in [-0.1, -0.05) is 48.3 Å². The zero-order valence-corrected chi connectivity index (χ0v) is 20.5. The maximum absolute atomic E-state index is 13.1. The highest BCUT2D eigenvalue weighted by Gasteiger charge is 2.59. The molecule has 2 aromatic rings. The van der Waals surface area contributed by atoms with Gasteiger partial charge in [-0.05, 0) is 86.3 Å². The number of amides is 2. The van der Waals surface area contributed by atoms with E-state index < -0.39 is 0 Å². The van der Waals surface area contributed by atoms with Crippen molar-refractivity contribution in [2.24, 2.45) is 11.3 Å². The lowest BCUT2D eigenvalue weighted by molar-refractivity contribution is -0.131. The van der Waals surface area contributed by atoms with E-state index in [4.69, 9.17) is 23.2 Å². The lowest BCUT2D eigenvalue weighted by atomic mass is 9.54. The van der Waals surface area contributed by atoms with Crippen molar-refractivity contribution in [1.82, 2.24) is 10.6 Å². The summed E-state index contributed by atoms with van der Waals surface area (Å²) in [5.41, 5.74) is 2.47. The molecule has 2 saturated carbocycles. The topological polar surface area (TPSA) is 58.2 Å². The largest absolute Gasteiger partial charge is 0.353 e. The molecule has 4 nitrogen and oxygen atoms in total. The maximum atomic E-state index is 13.1. The highest BCUT2D eigenvalue weighted by molar-refractivity contribution is 6.32. The number of hydrogen-bond donors (Lipinski definition) is 2. The molecule has 2 aromatic carbocycles. The average molecular weight is 485 g/mol. The monoisotopic (exact) mass is 484 g/mol. The smallest absolute Gasteiger partial charge is 0.251 e. The minimum Gasteiger partial charge on any atom is -0.353 e. The molecule has 3 fully saturated rings. The highest BCUT2D eigenvalue weighted by atomic mass is 35.5. The Hall–Kier alpha value is -2.04. The van der Waals surface area contributed by atoms with E-state index in [0.717, 1.165) is 37.7 Å². The molecule has 5 rings (SSSR count). The summed E-state index contributed by atoms with van der Waals surface area (Å²) in [4.78, 5) is 25.7. The van der Waals surface area contributed by atoms with Crippen LogP contribution in [0.4, 0.5) is 0 Å². The van der Waals surface area contributed by atoms with Gasteiger partial charge in [0.25, 0.3) is 5.91 Å². The van der Waals surface area contributed by atoms with E-state index >= 15 is 0 Å². The van der Waals surface area contributed by atoms with Crippen LogP contribution in [0.25, 0.3) is 0 Å². The first-order chi connectivity index (χ1) is 15.8. The third kappa shape index (κ3) is 3.95. The van der Waals surface area contributed by atoms with E-state index in [2.05, 4.69) is 36.6 Å². The first-order valence-electron chi connectivity index (χ1n) is 12.0.